The van der Waals surface area contributed by atoms with Crippen molar-refractivity contribution in [3.63, 3.8) is 0 Å². The first kappa shape index (κ1) is 47.9. The maximum Gasteiger partial charge on any atom is 0.160 e. The van der Waals surface area contributed by atoms with Gasteiger partial charge in [-0.3, -0.25) is 0 Å². The van der Waals surface area contributed by atoms with Gasteiger partial charge in [-0.25, -0.2) is 19.9 Å². The van der Waals surface area contributed by atoms with Gasteiger partial charge in [-0.05, 0) is 80.6 Å². The first-order valence-electron chi connectivity index (χ1n) is 28.2. The summed E-state index contributed by atoms with van der Waals surface area (Å²) in [4.78, 5) is 22.6. The van der Waals surface area contributed by atoms with E-state index in [0.29, 0.717) is 11.6 Å². The molecule has 0 aliphatic rings. The van der Waals surface area contributed by atoms with Crippen LogP contribution in [0.5, 0.6) is 0 Å². The van der Waals surface area contributed by atoms with E-state index in [1.165, 1.54) is 11.1 Å². The van der Waals surface area contributed by atoms with Crippen molar-refractivity contribution in [2.45, 2.75) is 13.8 Å². The molecule has 0 unspecified atom stereocenters. The zero-order valence-corrected chi connectivity index (χ0v) is 45.6. The Morgan fingerprint density at radius 2 is 0.590 bits per heavy atom. The highest BCUT2D eigenvalue weighted by molar-refractivity contribution is 6.15. The molecule has 0 saturated heterocycles. The van der Waals surface area contributed by atoms with E-state index in [1.54, 1.807) is 0 Å². The summed E-state index contributed by atoms with van der Waals surface area (Å²) >= 11 is 0. The molecular formula is C76H51N7. The highest BCUT2D eigenvalue weighted by Crippen LogP contribution is 2.50. The smallest absolute Gasteiger partial charge is 0.160 e. The minimum Gasteiger partial charge on any atom is -0.308 e. The molecule has 0 bridgehead atoms. The van der Waals surface area contributed by atoms with Gasteiger partial charge in [0, 0.05) is 60.1 Å². The maximum absolute atomic E-state index is 5.92. The summed E-state index contributed by atoms with van der Waals surface area (Å²) in [7, 11) is 0. The monoisotopic (exact) mass is 1060 g/mol. The third-order valence-electron chi connectivity index (χ3n) is 16.4. The average Bonchev–Trinajstić information content (AvgIpc) is 2.01. The Bertz CT molecular complexity index is 4930. The van der Waals surface area contributed by atoms with Crippen LogP contribution in [0.2, 0.25) is 0 Å². The Morgan fingerprint density at radius 3 is 1.04 bits per heavy atom. The molecule has 7 nitrogen and oxygen atoms in total. The molecule has 0 saturated carbocycles. The van der Waals surface area contributed by atoms with Crippen LogP contribution in [0.15, 0.2) is 273 Å². The molecule has 390 valence electrons. The highest BCUT2D eigenvalue weighted by Gasteiger charge is 2.32. The molecule has 5 aromatic heterocycles. The molecule has 0 fully saturated rings. The SMILES string of the molecule is Cc1ccc2c(c1)c1cc(C)ccc1n2-c1c(-c2cc(-c3ccccc3)nc(-c3ccccc3)n2)cc(-n2c3ccccc3c3ccccc32)c(-n2c3ccccc3c3ccccc32)c1-c1cc(-c2ccccc2)nc(-c2ccccc2)n1. The van der Waals surface area contributed by atoms with E-state index >= 15 is 0 Å². The van der Waals surface area contributed by atoms with Crippen LogP contribution in [0, 0.1) is 13.8 Å². The molecule has 83 heavy (non-hydrogen) atoms. The van der Waals surface area contributed by atoms with Crippen molar-refractivity contribution < 1.29 is 0 Å². The van der Waals surface area contributed by atoms with Gasteiger partial charge in [0.15, 0.2) is 11.6 Å². The highest BCUT2D eigenvalue weighted by atomic mass is 15.1. The van der Waals surface area contributed by atoms with Crippen molar-refractivity contribution in [3.8, 4) is 84.9 Å². The number of aryl methyl sites for hydroxylation is 2. The first-order chi connectivity index (χ1) is 41.0. The number of aromatic nitrogens is 7. The van der Waals surface area contributed by atoms with E-state index in [1.807, 2.05) is 12.1 Å². The van der Waals surface area contributed by atoms with Gasteiger partial charge in [-0.1, -0.05) is 217 Å². The third-order valence-corrected chi connectivity index (χ3v) is 16.4. The van der Waals surface area contributed by atoms with Crippen LogP contribution in [0.1, 0.15) is 11.1 Å². The first-order valence-corrected chi connectivity index (χ1v) is 28.2. The van der Waals surface area contributed by atoms with Crippen LogP contribution in [-0.2, 0) is 0 Å². The second kappa shape index (κ2) is 19.4. The van der Waals surface area contributed by atoms with Gasteiger partial charge in [-0.2, -0.15) is 0 Å². The van der Waals surface area contributed by atoms with Crippen molar-refractivity contribution in [1.82, 2.24) is 33.6 Å². The quantitative estimate of drug-likeness (QED) is 0.144. The summed E-state index contributed by atoms with van der Waals surface area (Å²) in [5.74, 6) is 1.23. The van der Waals surface area contributed by atoms with Gasteiger partial charge in [0.25, 0.3) is 0 Å². The molecule has 0 radical (unpaired) electrons. The second-order valence-electron chi connectivity index (χ2n) is 21.5. The van der Waals surface area contributed by atoms with Crippen LogP contribution in [0.25, 0.3) is 150 Å². The molecule has 16 rings (SSSR count). The van der Waals surface area contributed by atoms with Crippen molar-refractivity contribution in [1.29, 1.82) is 0 Å². The molecule has 0 aliphatic heterocycles. The number of para-hydroxylation sites is 4. The van der Waals surface area contributed by atoms with Gasteiger partial charge >= 0.3 is 0 Å². The summed E-state index contributed by atoms with van der Waals surface area (Å²) in [5, 5.41) is 6.89. The predicted octanol–water partition coefficient (Wildman–Crippen LogP) is 19.2. The minimum absolute atomic E-state index is 0.609. The molecule has 16 aromatic rings. The zero-order chi connectivity index (χ0) is 55.1. The van der Waals surface area contributed by atoms with Gasteiger partial charge in [0.2, 0.25) is 0 Å². The lowest BCUT2D eigenvalue weighted by Crippen LogP contribution is -2.12. The van der Waals surface area contributed by atoms with Gasteiger partial charge in [0.1, 0.15) is 0 Å². The predicted molar refractivity (Wildman–Crippen MR) is 343 cm³/mol. The van der Waals surface area contributed by atoms with Crippen molar-refractivity contribution in [2.75, 3.05) is 0 Å². The molecular weight excluding hydrogens is 1010 g/mol. The minimum atomic E-state index is 0.609. The lowest BCUT2D eigenvalue weighted by Gasteiger charge is -2.27. The molecule has 0 amide bonds. The Morgan fingerprint density at radius 1 is 0.253 bits per heavy atom. The van der Waals surface area contributed by atoms with E-state index < -0.39 is 0 Å². The number of benzene rings is 11. The van der Waals surface area contributed by atoms with Gasteiger partial charge in [-0.15, -0.1) is 0 Å². The molecule has 0 N–H and O–H groups in total. The van der Waals surface area contributed by atoms with E-state index in [2.05, 4.69) is 288 Å². The lowest BCUT2D eigenvalue weighted by molar-refractivity contribution is 1.07. The van der Waals surface area contributed by atoms with Crippen LogP contribution >= 0.6 is 0 Å². The number of hydrogen-bond acceptors (Lipinski definition) is 4. The Balaban J connectivity index is 1.22. The fourth-order valence-corrected chi connectivity index (χ4v) is 12.7. The second-order valence-corrected chi connectivity index (χ2v) is 21.5. The Kier molecular flexibility index (Phi) is 11.2. The van der Waals surface area contributed by atoms with E-state index in [0.717, 1.165) is 139 Å². The van der Waals surface area contributed by atoms with Crippen LogP contribution in [-0.4, -0.2) is 33.6 Å². The molecule has 5 heterocycles. The van der Waals surface area contributed by atoms with Crippen molar-refractivity contribution in [2.24, 2.45) is 0 Å². The number of hydrogen-bond donors (Lipinski definition) is 0. The molecule has 0 spiro atoms. The molecule has 11 aromatic carbocycles. The van der Waals surface area contributed by atoms with Crippen LogP contribution in [0.4, 0.5) is 0 Å². The standard InChI is InChI=1S/C76H51N7/c1-48-39-41-69-58(43-48)59-44-49(2)40-42-70(59)82(69)73-60(63-46-61(50-23-7-3-8-24-50)77-75(79-63)52-27-11-5-12-28-52)45-71(81-65-35-19-15-31-54(65)55-32-16-20-36-66(55)81)74(83-67-37-21-17-33-56(67)57-34-18-22-38-68(57)83)72(73)64-47-62(51-25-9-4-10-26-51)78-76(80-64)53-29-13-6-14-30-53/h3-47H,1-2H3. The van der Waals surface area contributed by atoms with Crippen molar-refractivity contribution >= 4 is 65.4 Å². The summed E-state index contributed by atoms with van der Waals surface area (Å²) in [6.07, 6.45) is 0. The fourth-order valence-electron chi connectivity index (χ4n) is 12.7. The number of fused-ring (bicyclic) bond motifs is 9. The van der Waals surface area contributed by atoms with Gasteiger partial charge in [0.05, 0.1) is 78.5 Å². The zero-order valence-electron chi connectivity index (χ0n) is 45.6. The third kappa shape index (κ3) is 7.88. The topological polar surface area (TPSA) is 66.3 Å². The maximum atomic E-state index is 5.92. The average molecular weight is 1060 g/mol. The van der Waals surface area contributed by atoms with Crippen LogP contribution in [0.3, 0.4) is 0 Å². The molecule has 0 atom stereocenters. The number of rotatable bonds is 9. The normalized spacial score (nSPS) is 11.7. The fraction of sp³-hybridized carbons (Fsp3) is 0.0263. The van der Waals surface area contributed by atoms with E-state index in [9.17, 15) is 0 Å². The van der Waals surface area contributed by atoms with Gasteiger partial charge < -0.3 is 13.7 Å². The number of nitrogens with zero attached hydrogens (tertiary/aromatic N) is 7. The molecule has 7 heteroatoms. The molecule has 0 aliphatic carbocycles. The van der Waals surface area contributed by atoms with Crippen molar-refractivity contribution in [3.05, 3.63) is 284 Å². The van der Waals surface area contributed by atoms with E-state index in [4.69, 9.17) is 19.9 Å². The largest absolute Gasteiger partial charge is 0.308 e. The summed E-state index contributed by atoms with van der Waals surface area (Å²) < 4.78 is 7.49. The summed E-state index contributed by atoms with van der Waals surface area (Å²) in [6.45, 7) is 4.37. The van der Waals surface area contributed by atoms with E-state index in [-0.39, 0.29) is 0 Å². The summed E-state index contributed by atoms with van der Waals surface area (Å²) in [5.41, 5.74) is 20.2. The van der Waals surface area contributed by atoms with Crippen LogP contribution < -0.4 is 0 Å². The Hall–Kier alpha value is -11.0. The summed E-state index contributed by atoms with van der Waals surface area (Å²) in [6, 6.07) is 97.6. The lowest BCUT2D eigenvalue weighted by atomic mass is 9.94. The Labute approximate surface area is 479 Å².